The number of carbonyl (C=O) groups is 1. The van der Waals surface area contributed by atoms with E-state index in [0.29, 0.717) is 10.7 Å². The van der Waals surface area contributed by atoms with E-state index in [4.69, 9.17) is 4.74 Å². The van der Waals surface area contributed by atoms with Crippen molar-refractivity contribution in [2.45, 2.75) is 34.3 Å². The third-order valence-electron chi connectivity index (χ3n) is 2.59. The number of fused-ring (bicyclic) bond motifs is 1. The number of aryl methyl sites for hydroxylation is 1. The molecule has 19 heavy (non-hydrogen) atoms. The monoisotopic (exact) mass is 280 g/mol. The highest BCUT2D eigenvalue weighted by molar-refractivity contribution is 7.15. The van der Waals surface area contributed by atoms with Gasteiger partial charge in [0.25, 0.3) is 5.56 Å². The molecule has 0 amide bonds. The van der Waals surface area contributed by atoms with Crippen LogP contribution in [0.5, 0.6) is 0 Å². The summed E-state index contributed by atoms with van der Waals surface area (Å²) in [5.41, 5.74) is 0.629. The van der Waals surface area contributed by atoms with Crippen LogP contribution in [0.1, 0.15) is 32.2 Å². The Labute approximate surface area is 114 Å². The molecule has 0 fully saturated rings. The Hall–Kier alpha value is -1.69. The second-order valence-electron chi connectivity index (χ2n) is 5.41. The zero-order valence-corrected chi connectivity index (χ0v) is 12.2. The first kappa shape index (κ1) is 13.7. The predicted molar refractivity (Wildman–Crippen MR) is 73.3 cm³/mol. The molecule has 0 bridgehead atoms. The molecule has 2 rings (SSSR count). The number of nitrogens with zero attached hydrogens (tertiary/aromatic N) is 2. The molecule has 0 spiro atoms. The molecule has 0 aliphatic carbocycles. The minimum absolute atomic E-state index is 0.0266. The molecule has 0 N–H and O–H groups in total. The Balaban J connectivity index is 2.23. The summed E-state index contributed by atoms with van der Waals surface area (Å²) in [7, 11) is 0. The lowest BCUT2D eigenvalue weighted by Crippen LogP contribution is -2.23. The van der Waals surface area contributed by atoms with E-state index in [1.54, 1.807) is 25.2 Å². The Morgan fingerprint density at radius 2 is 2.16 bits per heavy atom. The summed E-state index contributed by atoms with van der Waals surface area (Å²) in [5.74, 6) is -0.308. The van der Waals surface area contributed by atoms with Crippen LogP contribution in [0.15, 0.2) is 16.2 Å². The van der Waals surface area contributed by atoms with Gasteiger partial charge in [-0.3, -0.25) is 14.0 Å². The fourth-order valence-corrected chi connectivity index (χ4v) is 2.42. The molecule has 2 aromatic heterocycles. The van der Waals surface area contributed by atoms with Gasteiger partial charge in [0, 0.05) is 17.1 Å². The normalized spacial score (nSPS) is 11.8. The third kappa shape index (κ3) is 2.84. The van der Waals surface area contributed by atoms with Gasteiger partial charge in [-0.1, -0.05) is 0 Å². The molecule has 0 saturated carbocycles. The van der Waals surface area contributed by atoms with Crippen molar-refractivity contribution in [1.82, 2.24) is 9.38 Å². The van der Waals surface area contributed by atoms with Crippen molar-refractivity contribution in [3.8, 4) is 0 Å². The van der Waals surface area contributed by atoms with Gasteiger partial charge in [-0.25, -0.2) is 4.98 Å². The molecule has 0 aromatic carbocycles. The van der Waals surface area contributed by atoms with Crippen molar-refractivity contribution >= 4 is 22.3 Å². The van der Waals surface area contributed by atoms with Crippen molar-refractivity contribution in [3.05, 3.63) is 33.2 Å². The van der Waals surface area contributed by atoms with Gasteiger partial charge in [-0.15, -0.1) is 11.3 Å². The first-order chi connectivity index (χ1) is 8.79. The fraction of sp³-hybridized carbons (Fsp3) is 0.462. The predicted octanol–water partition coefficient (Wildman–Crippen LogP) is 2.15. The summed E-state index contributed by atoms with van der Waals surface area (Å²) in [6.45, 7) is 7.22. The van der Waals surface area contributed by atoms with Crippen LogP contribution < -0.4 is 5.56 Å². The van der Waals surface area contributed by atoms with E-state index < -0.39 is 5.41 Å². The second kappa shape index (κ2) is 4.77. The van der Waals surface area contributed by atoms with Crippen LogP contribution in [0.2, 0.25) is 0 Å². The maximum atomic E-state index is 11.9. The standard InChI is InChI=1S/C13H16N2O3S/c1-8-7-19-12-14-9(5-10(16)15(8)12)6-18-11(17)13(2,3)4/h5,7H,6H2,1-4H3. The quantitative estimate of drug-likeness (QED) is 0.791. The Bertz CT molecular complexity index is 679. The van der Waals surface area contributed by atoms with Crippen LogP contribution in [0, 0.1) is 12.3 Å². The van der Waals surface area contributed by atoms with Gasteiger partial charge in [-0.2, -0.15) is 0 Å². The zero-order valence-electron chi connectivity index (χ0n) is 11.4. The Morgan fingerprint density at radius 1 is 1.47 bits per heavy atom. The largest absolute Gasteiger partial charge is 0.459 e. The van der Waals surface area contributed by atoms with Gasteiger partial charge in [0.2, 0.25) is 0 Å². The number of thiazole rings is 1. The zero-order chi connectivity index (χ0) is 14.2. The van der Waals surface area contributed by atoms with E-state index in [-0.39, 0.29) is 18.1 Å². The topological polar surface area (TPSA) is 60.7 Å². The fourth-order valence-electron chi connectivity index (χ4n) is 1.53. The molecule has 102 valence electrons. The first-order valence-corrected chi connectivity index (χ1v) is 6.81. The summed E-state index contributed by atoms with van der Waals surface area (Å²) in [5, 5.41) is 1.87. The summed E-state index contributed by atoms with van der Waals surface area (Å²) >= 11 is 1.39. The van der Waals surface area contributed by atoms with E-state index in [1.165, 1.54) is 17.4 Å². The SMILES string of the molecule is Cc1csc2nc(COC(=O)C(C)(C)C)cc(=O)n12. The molecule has 2 heterocycles. The van der Waals surface area contributed by atoms with Crippen molar-refractivity contribution < 1.29 is 9.53 Å². The summed E-state index contributed by atoms with van der Waals surface area (Å²) in [6, 6.07) is 1.41. The smallest absolute Gasteiger partial charge is 0.311 e. The van der Waals surface area contributed by atoms with E-state index in [2.05, 4.69) is 4.98 Å². The Kier molecular flexibility index (Phi) is 3.45. The lowest BCUT2D eigenvalue weighted by molar-refractivity contribution is -0.154. The number of esters is 1. The molecule has 2 aromatic rings. The summed E-state index contributed by atoms with van der Waals surface area (Å²) in [6.07, 6.45) is 0. The average molecular weight is 280 g/mol. The molecule has 0 atom stereocenters. The molecule has 5 nitrogen and oxygen atoms in total. The van der Waals surface area contributed by atoms with Crippen molar-refractivity contribution in [3.63, 3.8) is 0 Å². The van der Waals surface area contributed by atoms with E-state index in [1.807, 2.05) is 12.3 Å². The number of carbonyl (C=O) groups excluding carboxylic acids is 1. The van der Waals surface area contributed by atoms with E-state index in [0.717, 1.165) is 5.69 Å². The molecule has 0 aliphatic rings. The van der Waals surface area contributed by atoms with E-state index >= 15 is 0 Å². The highest BCUT2D eigenvalue weighted by Gasteiger charge is 2.23. The molecular formula is C13H16N2O3S. The molecule has 0 aliphatic heterocycles. The maximum absolute atomic E-state index is 11.9. The highest BCUT2D eigenvalue weighted by Crippen LogP contribution is 2.16. The minimum Gasteiger partial charge on any atom is -0.459 e. The Morgan fingerprint density at radius 3 is 2.79 bits per heavy atom. The van der Waals surface area contributed by atoms with Gasteiger partial charge in [0.1, 0.15) is 6.61 Å². The maximum Gasteiger partial charge on any atom is 0.311 e. The van der Waals surface area contributed by atoms with Gasteiger partial charge >= 0.3 is 5.97 Å². The van der Waals surface area contributed by atoms with Gasteiger partial charge in [-0.05, 0) is 27.7 Å². The van der Waals surface area contributed by atoms with Gasteiger partial charge < -0.3 is 4.74 Å². The van der Waals surface area contributed by atoms with Crippen molar-refractivity contribution in [1.29, 1.82) is 0 Å². The number of rotatable bonds is 2. The number of hydrogen-bond acceptors (Lipinski definition) is 5. The third-order valence-corrected chi connectivity index (χ3v) is 3.54. The minimum atomic E-state index is -0.557. The summed E-state index contributed by atoms with van der Waals surface area (Å²) in [4.78, 5) is 28.5. The number of ether oxygens (including phenoxy) is 1. The average Bonchev–Trinajstić information content (AvgIpc) is 2.67. The lowest BCUT2D eigenvalue weighted by Gasteiger charge is -2.16. The van der Waals surface area contributed by atoms with Crippen LogP contribution in [-0.4, -0.2) is 15.4 Å². The van der Waals surface area contributed by atoms with Crippen molar-refractivity contribution in [2.24, 2.45) is 5.41 Å². The molecule has 6 heteroatoms. The number of hydrogen-bond donors (Lipinski definition) is 0. The highest BCUT2D eigenvalue weighted by atomic mass is 32.1. The first-order valence-electron chi connectivity index (χ1n) is 5.93. The van der Waals surface area contributed by atoms with Crippen LogP contribution in [0.4, 0.5) is 0 Å². The van der Waals surface area contributed by atoms with E-state index in [9.17, 15) is 9.59 Å². The number of aromatic nitrogens is 2. The second-order valence-corrected chi connectivity index (χ2v) is 6.24. The molecular weight excluding hydrogens is 264 g/mol. The molecule has 0 saturated heterocycles. The van der Waals surface area contributed by atoms with Crippen molar-refractivity contribution in [2.75, 3.05) is 0 Å². The van der Waals surface area contributed by atoms with Crippen LogP contribution >= 0.6 is 11.3 Å². The molecule has 0 radical (unpaired) electrons. The van der Waals surface area contributed by atoms with Gasteiger partial charge in [0.15, 0.2) is 4.96 Å². The van der Waals surface area contributed by atoms with Crippen LogP contribution in [0.25, 0.3) is 4.96 Å². The van der Waals surface area contributed by atoms with Crippen LogP contribution in [-0.2, 0) is 16.1 Å². The lowest BCUT2D eigenvalue weighted by atomic mass is 9.97. The van der Waals surface area contributed by atoms with Crippen LogP contribution in [0.3, 0.4) is 0 Å². The summed E-state index contributed by atoms with van der Waals surface area (Å²) < 4.78 is 6.70. The molecule has 0 unspecified atom stereocenters. The van der Waals surface area contributed by atoms with Gasteiger partial charge in [0.05, 0.1) is 11.1 Å².